The Hall–Kier alpha value is -1.69. The molecule has 1 saturated heterocycles. The fraction of sp³-hybridized carbons (Fsp3) is 0.462. The number of hydrogen-bond donors (Lipinski definition) is 0. The van der Waals surface area contributed by atoms with E-state index >= 15 is 0 Å². The average Bonchev–Trinajstić information content (AvgIpc) is 3.08. The number of amides is 1. The van der Waals surface area contributed by atoms with Gasteiger partial charge in [0.05, 0.1) is 11.1 Å². The van der Waals surface area contributed by atoms with Gasteiger partial charge in [0.1, 0.15) is 11.7 Å². The maximum atomic E-state index is 12.1. The highest BCUT2D eigenvalue weighted by molar-refractivity contribution is 7.13. The molecule has 0 saturated carbocycles. The van der Waals surface area contributed by atoms with Gasteiger partial charge in [0.2, 0.25) is 5.91 Å². The number of aryl methyl sites for hydroxylation is 1. The van der Waals surface area contributed by atoms with E-state index in [2.05, 4.69) is 23.3 Å². The molecule has 100 valence electrons. The zero-order valence-corrected chi connectivity index (χ0v) is 11.9. The predicted molar refractivity (Wildman–Crippen MR) is 74.0 cm³/mol. The van der Waals surface area contributed by atoms with Crippen LogP contribution in [0.5, 0.6) is 0 Å². The summed E-state index contributed by atoms with van der Waals surface area (Å²) in [5, 5.41) is 10.4. The van der Waals surface area contributed by atoms with Crippen molar-refractivity contribution >= 4 is 17.2 Å². The van der Waals surface area contributed by atoms with Crippen LogP contribution in [0.15, 0.2) is 17.6 Å². The van der Waals surface area contributed by atoms with Crippen molar-refractivity contribution in [1.29, 1.82) is 0 Å². The van der Waals surface area contributed by atoms with Crippen LogP contribution in [0.2, 0.25) is 0 Å². The van der Waals surface area contributed by atoms with Crippen LogP contribution in [0.4, 0.5) is 0 Å². The molecular weight excluding hydrogens is 260 g/mol. The number of carbonyl (C=O) groups is 1. The van der Waals surface area contributed by atoms with Crippen molar-refractivity contribution in [2.24, 2.45) is 0 Å². The molecule has 1 fully saturated rings. The maximum Gasteiger partial charge on any atom is 0.247 e. The van der Waals surface area contributed by atoms with Crippen molar-refractivity contribution in [2.45, 2.75) is 26.3 Å². The molecule has 1 unspecified atom stereocenters. The van der Waals surface area contributed by atoms with Crippen molar-refractivity contribution in [3.05, 3.63) is 23.2 Å². The zero-order chi connectivity index (χ0) is 13.4. The van der Waals surface area contributed by atoms with Gasteiger partial charge in [-0.15, -0.1) is 16.4 Å². The molecule has 0 bridgehead atoms. The first kappa shape index (κ1) is 12.3. The number of rotatable bonds is 3. The Morgan fingerprint density at radius 1 is 1.53 bits per heavy atom. The second kappa shape index (κ2) is 4.77. The standard InChI is InChI=1S/C13H16N4OS/c1-3-16-6-4-11(13(16)18)17-8-10(14-15-17)12-9(2)5-7-19-12/h5,7-8,11H,3-4,6H2,1-2H3. The van der Waals surface area contributed by atoms with Gasteiger partial charge in [0, 0.05) is 13.1 Å². The normalized spacial score (nSPS) is 19.4. The average molecular weight is 276 g/mol. The van der Waals surface area contributed by atoms with Crippen LogP contribution in [0.1, 0.15) is 24.9 Å². The summed E-state index contributed by atoms with van der Waals surface area (Å²) < 4.78 is 1.71. The Balaban J connectivity index is 1.87. The van der Waals surface area contributed by atoms with Crippen LogP contribution in [0.25, 0.3) is 10.6 Å². The van der Waals surface area contributed by atoms with Gasteiger partial charge in [-0.1, -0.05) is 5.21 Å². The Morgan fingerprint density at radius 3 is 3.00 bits per heavy atom. The lowest BCUT2D eigenvalue weighted by Gasteiger charge is -2.13. The first-order chi connectivity index (χ1) is 9.20. The fourth-order valence-electron chi connectivity index (χ4n) is 2.45. The van der Waals surface area contributed by atoms with E-state index in [0.29, 0.717) is 0 Å². The van der Waals surface area contributed by atoms with E-state index in [1.54, 1.807) is 16.0 Å². The first-order valence-electron chi connectivity index (χ1n) is 6.45. The minimum absolute atomic E-state index is 0.154. The van der Waals surface area contributed by atoms with Crippen LogP contribution >= 0.6 is 11.3 Å². The van der Waals surface area contributed by atoms with E-state index in [1.165, 1.54) is 5.56 Å². The van der Waals surface area contributed by atoms with Crippen LogP contribution in [0.3, 0.4) is 0 Å². The molecule has 2 aromatic heterocycles. The third kappa shape index (κ3) is 2.06. The smallest absolute Gasteiger partial charge is 0.247 e. The number of carbonyl (C=O) groups excluding carboxylic acids is 1. The second-order valence-corrected chi connectivity index (χ2v) is 5.66. The zero-order valence-electron chi connectivity index (χ0n) is 11.0. The quantitative estimate of drug-likeness (QED) is 0.862. The molecule has 0 N–H and O–H groups in total. The highest BCUT2D eigenvalue weighted by Crippen LogP contribution is 2.29. The molecule has 5 nitrogen and oxygen atoms in total. The van der Waals surface area contributed by atoms with Crippen molar-refractivity contribution in [3.8, 4) is 10.6 Å². The third-order valence-corrected chi connectivity index (χ3v) is 4.61. The number of likely N-dealkylation sites (N-methyl/N-ethyl adjacent to an activating group) is 1. The van der Waals surface area contributed by atoms with E-state index in [0.717, 1.165) is 30.1 Å². The Bertz CT molecular complexity index is 603. The van der Waals surface area contributed by atoms with E-state index in [4.69, 9.17) is 0 Å². The van der Waals surface area contributed by atoms with Gasteiger partial charge >= 0.3 is 0 Å². The van der Waals surface area contributed by atoms with Crippen molar-refractivity contribution in [2.75, 3.05) is 13.1 Å². The molecule has 0 spiro atoms. The van der Waals surface area contributed by atoms with Gasteiger partial charge in [0.15, 0.2) is 0 Å². The number of thiophene rings is 1. The number of aromatic nitrogens is 3. The molecule has 6 heteroatoms. The fourth-order valence-corrected chi connectivity index (χ4v) is 3.33. The van der Waals surface area contributed by atoms with Crippen LogP contribution < -0.4 is 0 Å². The summed E-state index contributed by atoms with van der Waals surface area (Å²) in [5.74, 6) is 0.154. The molecule has 0 aromatic carbocycles. The largest absolute Gasteiger partial charge is 0.341 e. The highest BCUT2D eigenvalue weighted by atomic mass is 32.1. The lowest BCUT2D eigenvalue weighted by atomic mass is 10.2. The molecule has 19 heavy (non-hydrogen) atoms. The molecule has 3 heterocycles. The second-order valence-electron chi connectivity index (χ2n) is 4.74. The van der Waals surface area contributed by atoms with Crippen molar-refractivity contribution in [1.82, 2.24) is 19.9 Å². The number of nitrogens with zero attached hydrogens (tertiary/aromatic N) is 4. The summed E-state index contributed by atoms with van der Waals surface area (Å²) >= 11 is 1.65. The lowest BCUT2D eigenvalue weighted by Crippen LogP contribution is -2.28. The van der Waals surface area contributed by atoms with Gasteiger partial charge < -0.3 is 4.90 Å². The maximum absolute atomic E-state index is 12.1. The van der Waals surface area contributed by atoms with E-state index in [9.17, 15) is 4.79 Å². The van der Waals surface area contributed by atoms with Crippen molar-refractivity contribution in [3.63, 3.8) is 0 Å². The number of likely N-dealkylation sites (tertiary alicyclic amines) is 1. The molecule has 1 aliphatic heterocycles. The Labute approximate surface area is 115 Å². The number of hydrogen-bond acceptors (Lipinski definition) is 4. The Kier molecular flexibility index (Phi) is 3.10. The highest BCUT2D eigenvalue weighted by Gasteiger charge is 2.32. The van der Waals surface area contributed by atoms with E-state index in [1.807, 2.05) is 23.4 Å². The molecule has 1 aliphatic rings. The summed E-state index contributed by atoms with van der Waals surface area (Å²) in [4.78, 5) is 15.1. The molecule has 0 radical (unpaired) electrons. The van der Waals surface area contributed by atoms with Crippen LogP contribution in [-0.2, 0) is 4.79 Å². The summed E-state index contributed by atoms with van der Waals surface area (Å²) in [6.07, 6.45) is 2.71. The van der Waals surface area contributed by atoms with E-state index < -0.39 is 0 Å². The first-order valence-corrected chi connectivity index (χ1v) is 7.33. The molecule has 1 atom stereocenters. The van der Waals surface area contributed by atoms with Crippen LogP contribution in [0, 0.1) is 6.92 Å². The SMILES string of the molecule is CCN1CCC(n2cc(-c3sccc3C)nn2)C1=O. The van der Waals surface area contributed by atoms with Crippen molar-refractivity contribution < 1.29 is 4.79 Å². The van der Waals surface area contributed by atoms with Gasteiger partial charge in [-0.3, -0.25) is 4.79 Å². The predicted octanol–water partition coefficient (Wildman–Crippen LogP) is 2.11. The van der Waals surface area contributed by atoms with Gasteiger partial charge in [-0.2, -0.15) is 0 Å². The third-order valence-electron chi connectivity index (χ3n) is 3.58. The molecule has 2 aromatic rings. The molecule has 3 rings (SSSR count). The lowest BCUT2D eigenvalue weighted by molar-refractivity contribution is -0.130. The minimum atomic E-state index is -0.179. The summed E-state index contributed by atoms with van der Waals surface area (Å²) in [5.41, 5.74) is 2.06. The van der Waals surface area contributed by atoms with Gasteiger partial charge in [-0.05, 0) is 37.3 Å². The van der Waals surface area contributed by atoms with Gasteiger partial charge in [-0.25, -0.2) is 4.68 Å². The topological polar surface area (TPSA) is 51.0 Å². The Morgan fingerprint density at radius 2 is 2.37 bits per heavy atom. The summed E-state index contributed by atoms with van der Waals surface area (Å²) in [6.45, 7) is 5.64. The van der Waals surface area contributed by atoms with E-state index in [-0.39, 0.29) is 11.9 Å². The summed E-state index contributed by atoms with van der Waals surface area (Å²) in [6, 6.07) is 1.89. The van der Waals surface area contributed by atoms with Gasteiger partial charge in [0.25, 0.3) is 0 Å². The molecular formula is C13H16N4OS. The monoisotopic (exact) mass is 276 g/mol. The van der Waals surface area contributed by atoms with Crippen LogP contribution in [-0.4, -0.2) is 38.9 Å². The molecule has 0 aliphatic carbocycles. The minimum Gasteiger partial charge on any atom is -0.341 e. The molecule has 1 amide bonds. The summed E-state index contributed by atoms with van der Waals surface area (Å²) in [7, 11) is 0.